The van der Waals surface area contributed by atoms with Crippen LogP contribution in [-0.2, 0) is 0 Å². The zero-order valence-corrected chi connectivity index (χ0v) is 11.3. The Morgan fingerprint density at radius 3 is 2.47 bits per heavy atom. The summed E-state index contributed by atoms with van der Waals surface area (Å²) in [4.78, 5) is 0.635. The van der Waals surface area contributed by atoms with Crippen molar-refractivity contribution in [1.29, 1.82) is 5.41 Å². The summed E-state index contributed by atoms with van der Waals surface area (Å²) in [7, 11) is 0. The van der Waals surface area contributed by atoms with E-state index in [0.717, 1.165) is 21.2 Å². The SMILES string of the molecule is Cc1ccccc1C(=N)c1sc2ccccc2c1O. The van der Waals surface area contributed by atoms with E-state index in [-0.39, 0.29) is 5.75 Å². The van der Waals surface area contributed by atoms with Crippen molar-refractivity contribution >= 4 is 27.1 Å². The van der Waals surface area contributed by atoms with Crippen molar-refractivity contribution in [3.05, 3.63) is 64.5 Å². The van der Waals surface area contributed by atoms with Crippen LogP contribution in [0.25, 0.3) is 10.1 Å². The number of nitrogens with one attached hydrogen (secondary N) is 1. The standard InChI is InChI=1S/C16H13NOS/c1-10-6-2-3-7-11(10)14(17)16-15(18)12-8-4-5-9-13(12)19-16/h2-9,17-18H,1H3. The second-order valence-corrected chi connectivity index (χ2v) is 5.52. The fraction of sp³-hybridized carbons (Fsp3) is 0.0625. The van der Waals surface area contributed by atoms with Crippen LogP contribution in [0.5, 0.6) is 5.75 Å². The van der Waals surface area contributed by atoms with Gasteiger partial charge in [-0.2, -0.15) is 0 Å². The van der Waals surface area contributed by atoms with Gasteiger partial charge in [0.2, 0.25) is 0 Å². The molecule has 19 heavy (non-hydrogen) atoms. The highest BCUT2D eigenvalue weighted by atomic mass is 32.1. The predicted octanol–water partition coefficient (Wildman–Crippen LogP) is 4.33. The van der Waals surface area contributed by atoms with Crippen LogP contribution in [0.4, 0.5) is 0 Å². The summed E-state index contributed by atoms with van der Waals surface area (Å²) in [5, 5.41) is 19.4. The molecule has 0 saturated carbocycles. The van der Waals surface area contributed by atoms with E-state index < -0.39 is 0 Å². The first-order valence-corrected chi connectivity index (χ1v) is 6.85. The van der Waals surface area contributed by atoms with Gasteiger partial charge in [-0.3, -0.25) is 5.41 Å². The van der Waals surface area contributed by atoms with E-state index in [1.54, 1.807) is 0 Å². The number of hydrogen-bond acceptors (Lipinski definition) is 3. The molecule has 0 aliphatic carbocycles. The number of thiophene rings is 1. The fourth-order valence-corrected chi connectivity index (χ4v) is 3.24. The molecule has 1 heterocycles. The summed E-state index contributed by atoms with van der Waals surface area (Å²) < 4.78 is 1.01. The lowest BCUT2D eigenvalue weighted by molar-refractivity contribution is 0.482. The van der Waals surface area contributed by atoms with Crippen LogP contribution in [-0.4, -0.2) is 10.8 Å². The van der Waals surface area contributed by atoms with Crippen LogP contribution in [0.1, 0.15) is 16.0 Å². The number of aromatic hydroxyl groups is 1. The van der Waals surface area contributed by atoms with Gasteiger partial charge >= 0.3 is 0 Å². The van der Waals surface area contributed by atoms with Crippen molar-refractivity contribution in [3.8, 4) is 5.75 Å². The maximum atomic E-state index is 10.3. The molecule has 0 saturated heterocycles. The average Bonchev–Trinajstić information content (AvgIpc) is 2.77. The van der Waals surface area contributed by atoms with E-state index in [1.807, 2.05) is 55.5 Å². The molecule has 0 bridgehead atoms. The summed E-state index contributed by atoms with van der Waals surface area (Å²) >= 11 is 1.46. The van der Waals surface area contributed by atoms with Crippen molar-refractivity contribution in [1.82, 2.24) is 0 Å². The Kier molecular flexibility index (Phi) is 2.84. The summed E-state index contributed by atoms with van der Waals surface area (Å²) in [6.45, 7) is 1.98. The first-order chi connectivity index (χ1) is 9.18. The van der Waals surface area contributed by atoms with Crippen molar-refractivity contribution in [2.45, 2.75) is 6.92 Å². The van der Waals surface area contributed by atoms with Crippen LogP contribution in [0, 0.1) is 12.3 Å². The largest absolute Gasteiger partial charge is 0.506 e. The van der Waals surface area contributed by atoms with Gasteiger partial charge in [-0.05, 0) is 24.6 Å². The molecular weight excluding hydrogens is 254 g/mol. The molecule has 0 amide bonds. The van der Waals surface area contributed by atoms with Crippen LogP contribution < -0.4 is 0 Å². The Hall–Kier alpha value is -2.13. The number of hydrogen-bond donors (Lipinski definition) is 2. The third-order valence-corrected chi connectivity index (χ3v) is 4.39. The number of benzene rings is 2. The minimum absolute atomic E-state index is 0.217. The minimum atomic E-state index is 0.217. The first kappa shape index (κ1) is 11.9. The molecule has 0 radical (unpaired) electrons. The predicted molar refractivity (Wildman–Crippen MR) is 80.6 cm³/mol. The second-order valence-electron chi connectivity index (χ2n) is 4.47. The maximum Gasteiger partial charge on any atom is 0.143 e. The molecule has 0 fully saturated rings. The van der Waals surface area contributed by atoms with Gasteiger partial charge in [-0.25, -0.2) is 0 Å². The molecule has 0 aliphatic rings. The molecule has 2 nitrogen and oxygen atoms in total. The molecule has 3 heteroatoms. The Morgan fingerprint density at radius 1 is 1.05 bits per heavy atom. The number of aryl methyl sites for hydroxylation is 1. The number of rotatable bonds is 2. The minimum Gasteiger partial charge on any atom is -0.506 e. The normalized spacial score (nSPS) is 10.8. The van der Waals surface area contributed by atoms with Gasteiger partial charge in [0.1, 0.15) is 5.75 Å². The Morgan fingerprint density at radius 2 is 1.74 bits per heavy atom. The van der Waals surface area contributed by atoms with Crippen molar-refractivity contribution in [2.75, 3.05) is 0 Å². The Balaban J connectivity index is 2.17. The summed E-state index contributed by atoms with van der Waals surface area (Å²) in [6.07, 6.45) is 0. The molecule has 2 aromatic carbocycles. The quantitative estimate of drug-likeness (QED) is 0.667. The van der Waals surface area contributed by atoms with E-state index >= 15 is 0 Å². The maximum absolute atomic E-state index is 10.3. The lowest BCUT2D eigenvalue weighted by atomic mass is 10.0. The van der Waals surface area contributed by atoms with Gasteiger partial charge in [0.25, 0.3) is 0 Å². The van der Waals surface area contributed by atoms with Gasteiger partial charge in [-0.1, -0.05) is 36.4 Å². The molecule has 0 unspecified atom stereocenters. The second kappa shape index (κ2) is 4.52. The van der Waals surface area contributed by atoms with E-state index in [1.165, 1.54) is 11.3 Å². The Labute approximate surface area is 115 Å². The molecule has 2 N–H and O–H groups in total. The molecule has 3 aromatic rings. The Bertz CT molecular complexity index is 773. The van der Waals surface area contributed by atoms with Gasteiger partial charge in [0.15, 0.2) is 0 Å². The van der Waals surface area contributed by atoms with Gasteiger partial charge < -0.3 is 5.11 Å². The van der Waals surface area contributed by atoms with Crippen molar-refractivity contribution < 1.29 is 5.11 Å². The van der Waals surface area contributed by atoms with E-state index in [2.05, 4.69) is 0 Å². The molecule has 3 rings (SSSR count). The first-order valence-electron chi connectivity index (χ1n) is 6.04. The highest BCUT2D eigenvalue weighted by Crippen LogP contribution is 2.38. The average molecular weight is 267 g/mol. The van der Waals surface area contributed by atoms with Gasteiger partial charge in [0.05, 0.1) is 10.6 Å². The van der Waals surface area contributed by atoms with Crippen LogP contribution in [0.3, 0.4) is 0 Å². The lowest BCUT2D eigenvalue weighted by Gasteiger charge is -2.05. The number of fused-ring (bicyclic) bond motifs is 1. The highest BCUT2D eigenvalue weighted by Gasteiger charge is 2.17. The van der Waals surface area contributed by atoms with Crippen molar-refractivity contribution in [3.63, 3.8) is 0 Å². The summed E-state index contributed by atoms with van der Waals surface area (Å²) in [5.41, 5.74) is 2.30. The third-order valence-electron chi connectivity index (χ3n) is 3.21. The molecular formula is C16H13NOS. The van der Waals surface area contributed by atoms with E-state index in [0.29, 0.717) is 10.6 Å². The highest BCUT2D eigenvalue weighted by molar-refractivity contribution is 7.21. The molecule has 1 aromatic heterocycles. The van der Waals surface area contributed by atoms with E-state index in [9.17, 15) is 5.11 Å². The summed E-state index contributed by atoms with van der Waals surface area (Å²) in [6, 6.07) is 15.5. The lowest BCUT2D eigenvalue weighted by Crippen LogP contribution is -2.01. The van der Waals surface area contributed by atoms with Gasteiger partial charge in [-0.15, -0.1) is 11.3 Å². The molecule has 94 valence electrons. The third kappa shape index (κ3) is 1.92. The summed E-state index contributed by atoms with van der Waals surface area (Å²) in [5.74, 6) is 0.217. The zero-order chi connectivity index (χ0) is 13.4. The molecule has 0 aliphatic heterocycles. The van der Waals surface area contributed by atoms with E-state index in [4.69, 9.17) is 5.41 Å². The molecule has 0 spiro atoms. The zero-order valence-electron chi connectivity index (χ0n) is 10.5. The fourth-order valence-electron chi connectivity index (χ4n) is 2.18. The van der Waals surface area contributed by atoms with Gasteiger partial charge in [0, 0.05) is 15.6 Å². The van der Waals surface area contributed by atoms with Crippen LogP contribution >= 0.6 is 11.3 Å². The monoisotopic (exact) mass is 267 g/mol. The van der Waals surface area contributed by atoms with Crippen molar-refractivity contribution in [2.24, 2.45) is 0 Å². The topological polar surface area (TPSA) is 44.1 Å². The smallest absolute Gasteiger partial charge is 0.143 e. The molecule has 0 atom stereocenters. The van der Waals surface area contributed by atoms with Crippen LogP contribution in [0.2, 0.25) is 0 Å². The van der Waals surface area contributed by atoms with Crippen LogP contribution in [0.15, 0.2) is 48.5 Å².